The Kier molecular flexibility index (Phi) is 6.06. The minimum Gasteiger partial charge on any atom is -0.493 e. The first-order chi connectivity index (χ1) is 15.2. The number of esters is 1. The lowest BCUT2D eigenvalue weighted by atomic mass is 9.68. The van der Waals surface area contributed by atoms with Gasteiger partial charge >= 0.3 is 5.97 Å². The van der Waals surface area contributed by atoms with Crippen molar-refractivity contribution in [2.75, 3.05) is 14.2 Å². The average molecular weight is 440 g/mol. The first kappa shape index (κ1) is 22.4. The highest BCUT2D eigenvalue weighted by molar-refractivity contribution is 6.04. The zero-order valence-electron chi connectivity index (χ0n) is 19.7. The van der Waals surface area contributed by atoms with E-state index in [1.54, 1.807) is 14.2 Å². The van der Waals surface area contributed by atoms with E-state index >= 15 is 0 Å². The van der Waals surface area contributed by atoms with Crippen LogP contribution in [0.15, 0.2) is 40.7 Å². The molecule has 1 atom stereocenters. The van der Waals surface area contributed by atoms with Gasteiger partial charge in [0, 0.05) is 29.3 Å². The fraction of sp³-hybridized carbons (Fsp3) is 0.538. The number of Topliss-reactive ketones (excluding diaryl/α,β-unsaturated/α-hetero) is 1. The molecule has 0 spiro atoms. The second-order valence-corrected chi connectivity index (χ2v) is 9.86. The SMILES string of the molecule is COc1ccc(C2C(C(=O)OC3CCCC3)=C(C)NC3=C2C(=O)CC(C)(C)C3)cc1OC. The molecule has 4 rings (SSSR count). The van der Waals surface area contributed by atoms with E-state index in [0.717, 1.165) is 49.1 Å². The first-order valence-corrected chi connectivity index (χ1v) is 11.4. The van der Waals surface area contributed by atoms with Gasteiger partial charge in [-0.1, -0.05) is 19.9 Å². The summed E-state index contributed by atoms with van der Waals surface area (Å²) in [7, 11) is 3.17. The molecule has 0 saturated heterocycles. The fourth-order valence-electron chi connectivity index (χ4n) is 5.29. The summed E-state index contributed by atoms with van der Waals surface area (Å²) in [5.41, 5.74) is 3.52. The Bertz CT molecular complexity index is 997. The second-order valence-electron chi connectivity index (χ2n) is 9.86. The lowest BCUT2D eigenvalue weighted by Gasteiger charge is -2.39. The van der Waals surface area contributed by atoms with Crippen LogP contribution in [0.1, 0.15) is 70.8 Å². The predicted octanol–water partition coefficient (Wildman–Crippen LogP) is 4.79. The summed E-state index contributed by atoms with van der Waals surface area (Å²) in [5.74, 6) is 0.401. The van der Waals surface area contributed by atoms with Gasteiger partial charge in [-0.15, -0.1) is 0 Å². The molecule has 1 aromatic carbocycles. The van der Waals surface area contributed by atoms with Crippen LogP contribution >= 0.6 is 0 Å². The lowest BCUT2D eigenvalue weighted by molar-refractivity contribution is -0.144. The van der Waals surface area contributed by atoms with Crippen LogP contribution in [-0.2, 0) is 14.3 Å². The Morgan fingerprint density at radius 2 is 1.75 bits per heavy atom. The minimum atomic E-state index is -0.497. The van der Waals surface area contributed by atoms with Crippen LogP contribution in [0.4, 0.5) is 0 Å². The van der Waals surface area contributed by atoms with Gasteiger partial charge in [0.15, 0.2) is 17.3 Å². The molecule has 1 saturated carbocycles. The first-order valence-electron chi connectivity index (χ1n) is 11.4. The molecule has 172 valence electrons. The van der Waals surface area contributed by atoms with Crippen molar-refractivity contribution < 1.29 is 23.8 Å². The van der Waals surface area contributed by atoms with Gasteiger partial charge in [-0.2, -0.15) is 0 Å². The van der Waals surface area contributed by atoms with Gasteiger partial charge in [0.25, 0.3) is 0 Å². The van der Waals surface area contributed by atoms with Crippen molar-refractivity contribution in [1.82, 2.24) is 5.32 Å². The number of carbonyl (C=O) groups excluding carboxylic acids is 2. The molecule has 1 heterocycles. The molecule has 1 aromatic rings. The molecule has 0 bridgehead atoms. The Labute approximate surface area is 190 Å². The molecule has 2 aliphatic carbocycles. The number of ether oxygens (including phenoxy) is 3. The Hall–Kier alpha value is -2.76. The second kappa shape index (κ2) is 8.64. The van der Waals surface area contributed by atoms with Crippen molar-refractivity contribution in [2.24, 2.45) is 5.41 Å². The van der Waals surface area contributed by atoms with Crippen molar-refractivity contribution in [3.8, 4) is 11.5 Å². The van der Waals surface area contributed by atoms with Crippen molar-refractivity contribution in [3.63, 3.8) is 0 Å². The summed E-state index contributed by atoms with van der Waals surface area (Å²) < 4.78 is 16.8. The monoisotopic (exact) mass is 439 g/mol. The van der Waals surface area contributed by atoms with Crippen LogP contribution in [0.3, 0.4) is 0 Å². The molecule has 0 aromatic heterocycles. The number of nitrogens with one attached hydrogen (secondary N) is 1. The number of allylic oxidation sites excluding steroid dienone is 3. The molecular weight excluding hydrogens is 406 g/mol. The van der Waals surface area contributed by atoms with E-state index in [1.807, 2.05) is 25.1 Å². The number of benzene rings is 1. The third-order valence-corrected chi connectivity index (χ3v) is 6.78. The van der Waals surface area contributed by atoms with Gasteiger partial charge in [-0.25, -0.2) is 4.79 Å². The summed E-state index contributed by atoms with van der Waals surface area (Å²) in [6.07, 6.45) is 5.10. The van der Waals surface area contributed by atoms with Crippen molar-refractivity contribution in [2.45, 2.75) is 71.3 Å². The number of carbonyl (C=O) groups is 2. The zero-order chi connectivity index (χ0) is 23.0. The molecule has 6 heteroatoms. The van der Waals surface area contributed by atoms with Crippen molar-refractivity contribution >= 4 is 11.8 Å². The molecule has 1 fully saturated rings. The van der Waals surface area contributed by atoms with Gasteiger partial charge < -0.3 is 19.5 Å². The molecule has 32 heavy (non-hydrogen) atoms. The summed E-state index contributed by atoms with van der Waals surface area (Å²) >= 11 is 0. The Balaban J connectivity index is 1.82. The normalized spacial score (nSPS) is 23.0. The minimum absolute atomic E-state index is 0.0507. The van der Waals surface area contributed by atoms with E-state index in [-0.39, 0.29) is 23.3 Å². The van der Waals surface area contributed by atoms with Crippen LogP contribution in [0.2, 0.25) is 0 Å². The van der Waals surface area contributed by atoms with Gasteiger partial charge in [0.05, 0.1) is 19.8 Å². The van der Waals surface area contributed by atoms with E-state index in [0.29, 0.717) is 29.1 Å². The molecule has 1 aliphatic heterocycles. The zero-order valence-corrected chi connectivity index (χ0v) is 19.7. The van der Waals surface area contributed by atoms with Gasteiger partial charge in [-0.05, 0) is 62.1 Å². The number of methoxy groups -OCH3 is 2. The number of rotatable bonds is 5. The molecular formula is C26H33NO5. The van der Waals surface area contributed by atoms with E-state index in [2.05, 4.69) is 19.2 Å². The maximum Gasteiger partial charge on any atom is 0.337 e. The highest BCUT2D eigenvalue weighted by atomic mass is 16.5. The number of dihydropyridines is 1. The van der Waals surface area contributed by atoms with Gasteiger partial charge in [0.2, 0.25) is 0 Å². The predicted molar refractivity (Wildman–Crippen MR) is 122 cm³/mol. The molecule has 0 radical (unpaired) electrons. The van der Waals surface area contributed by atoms with Crippen LogP contribution in [0, 0.1) is 5.41 Å². The standard InChI is InChI=1S/C26H33NO5/c1-15-22(25(29)32-17-8-6-7-9-17)23(16-10-11-20(30-4)21(12-16)31-5)24-18(27-15)13-26(2,3)14-19(24)28/h10-12,17,23,27H,6-9,13-14H2,1-5H3. The largest absolute Gasteiger partial charge is 0.493 e. The third-order valence-electron chi connectivity index (χ3n) is 6.78. The molecule has 1 N–H and O–H groups in total. The van der Waals surface area contributed by atoms with E-state index in [9.17, 15) is 9.59 Å². The van der Waals surface area contributed by atoms with Crippen LogP contribution in [-0.4, -0.2) is 32.1 Å². The average Bonchev–Trinajstić information content (AvgIpc) is 3.24. The summed E-state index contributed by atoms with van der Waals surface area (Å²) in [4.78, 5) is 26.8. The molecule has 0 amide bonds. The Morgan fingerprint density at radius 3 is 2.41 bits per heavy atom. The third kappa shape index (κ3) is 4.15. The summed E-state index contributed by atoms with van der Waals surface area (Å²) in [5, 5.41) is 3.39. The van der Waals surface area contributed by atoms with E-state index < -0.39 is 5.92 Å². The smallest absolute Gasteiger partial charge is 0.337 e. The fourth-order valence-corrected chi connectivity index (χ4v) is 5.29. The number of hydrogen-bond acceptors (Lipinski definition) is 6. The Morgan fingerprint density at radius 1 is 1.06 bits per heavy atom. The summed E-state index contributed by atoms with van der Waals surface area (Å²) in [6, 6.07) is 5.59. The van der Waals surface area contributed by atoms with Crippen molar-refractivity contribution in [1.29, 1.82) is 0 Å². The van der Waals surface area contributed by atoms with Crippen LogP contribution in [0.25, 0.3) is 0 Å². The summed E-state index contributed by atoms with van der Waals surface area (Å²) in [6.45, 7) is 6.10. The van der Waals surface area contributed by atoms with E-state index in [1.165, 1.54) is 0 Å². The molecule has 3 aliphatic rings. The maximum atomic E-state index is 13.4. The maximum absolute atomic E-state index is 13.4. The molecule has 1 unspecified atom stereocenters. The van der Waals surface area contributed by atoms with Crippen LogP contribution < -0.4 is 14.8 Å². The van der Waals surface area contributed by atoms with Gasteiger partial charge in [0.1, 0.15) is 6.10 Å². The van der Waals surface area contributed by atoms with Crippen LogP contribution in [0.5, 0.6) is 11.5 Å². The highest BCUT2D eigenvalue weighted by Gasteiger charge is 2.43. The topological polar surface area (TPSA) is 73.9 Å². The molecule has 6 nitrogen and oxygen atoms in total. The van der Waals surface area contributed by atoms with E-state index in [4.69, 9.17) is 14.2 Å². The highest BCUT2D eigenvalue weighted by Crippen LogP contribution is 2.48. The quantitative estimate of drug-likeness (QED) is 0.665. The number of ketones is 1. The lowest BCUT2D eigenvalue weighted by Crippen LogP contribution is -2.39. The van der Waals surface area contributed by atoms with Gasteiger partial charge in [-0.3, -0.25) is 4.79 Å². The number of hydrogen-bond donors (Lipinski definition) is 1. The van der Waals surface area contributed by atoms with Crippen molar-refractivity contribution in [3.05, 3.63) is 46.3 Å².